The highest BCUT2D eigenvalue weighted by Gasteiger charge is 2.23. The third kappa shape index (κ3) is 3.71. The molecule has 0 saturated heterocycles. The summed E-state index contributed by atoms with van der Waals surface area (Å²) in [6.45, 7) is 3.55. The van der Waals surface area contributed by atoms with Gasteiger partial charge in [0.1, 0.15) is 0 Å². The summed E-state index contributed by atoms with van der Waals surface area (Å²) in [5, 5.41) is 0.316. The number of hydrogen-bond acceptors (Lipinski definition) is 4. The summed E-state index contributed by atoms with van der Waals surface area (Å²) in [6.07, 6.45) is 2.48. The molecule has 0 atom stereocenters. The van der Waals surface area contributed by atoms with Gasteiger partial charge in [-0.15, -0.1) is 6.58 Å². The van der Waals surface area contributed by atoms with Crippen molar-refractivity contribution in [1.82, 2.24) is 0 Å². The van der Waals surface area contributed by atoms with Crippen LogP contribution < -0.4 is 4.31 Å². The monoisotopic (exact) mass is 303 g/mol. The third-order valence-electron chi connectivity index (χ3n) is 2.33. The van der Waals surface area contributed by atoms with Crippen molar-refractivity contribution in [1.29, 1.82) is 0 Å². The molecule has 0 fully saturated rings. The van der Waals surface area contributed by atoms with Crippen LogP contribution in [0, 0.1) is 0 Å². The lowest BCUT2D eigenvalue weighted by atomic mass is 10.2. The van der Waals surface area contributed by atoms with Crippen molar-refractivity contribution >= 4 is 33.3 Å². The molecule has 0 heterocycles. The van der Waals surface area contributed by atoms with Gasteiger partial charge in [0.2, 0.25) is 10.0 Å². The molecule has 0 aliphatic heterocycles. The maximum absolute atomic E-state index is 11.8. The van der Waals surface area contributed by atoms with Crippen LogP contribution >= 0.6 is 11.6 Å². The molecule has 0 amide bonds. The lowest BCUT2D eigenvalue weighted by molar-refractivity contribution is 0.0601. The number of sulfonamides is 1. The van der Waals surface area contributed by atoms with Crippen molar-refractivity contribution in [3.63, 3.8) is 0 Å². The molecular formula is C12H14ClNO4S. The summed E-state index contributed by atoms with van der Waals surface area (Å²) in [6, 6.07) is 4.33. The third-order valence-corrected chi connectivity index (χ3v) is 3.71. The largest absolute Gasteiger partial charge is 0.465 e. The number of halogens is 1. The van der Waals surface area contributed by atoms with Gasteiger partial charge < -0.3 is 4.74 Å². The molecule has 0 saturated carbocycles. The second kappa shape index (κ2) is 6.08. The molecular weight excluding hydrogens is 290 g/mol. The smallest absolute Gasteiger partial charge is 0.340 e. The number of methoxy groups -OCH3 is 1. The van der Waals surface area contributed by atoms with Crippen molar-refractivity contribution in [3.8, 4) is 0 Å². The minimum Gasteiger partial charge on any atom is -0.465 e. The van der Waals surface area contributed by atoms with E-state index in [0.717, 1.165) is 10.6 Å². The summed E-state index contributed by atoms with van der Waals surface area (Å²) < 4.78 is 29.2. The van der Waals surface area contributed by atoms with Crippen LogP contribution in [0.5, 0.6) is 0 Å². The summed E-state index contributed by atoms with van der Waals surface area (Å²) in [5.41, 5.74) is 0.293. The Morgan fingerprint density at radius 1 is 1.53 bits per heavy atom. The number of carbonyl (C=O) groups excluding carboxylic acids is 1. The molecule has 104 valence electrons. The predicted molar refractivity (Wildman–Crippen MR) is 75.2 cm³/mol. The number of rotatable bonds is 5. The van der Waals surface area contributed by atoms with Gasteiger partial charge in [-0.2, -0.15) is 0 Å². The van der Waals surface area contributed by atoms with Gasteiger partial charge >= 0.3 is 5.97 Å². The Morgan fingerprint density at radius 3 is 2.63 bits per heavy atom. The van der Waals surface area contributed by atoms with Crippen LogP contribution in [0.3, 0.4) is 0 Å². The molecule has 0 radical (unpaired) electrons. The molecule has 0 aliphatic rings. The number of hydrogen-bond donors (Lipinski definition) is 0. The number of anilines is 1. The normalized spacial score (nSPS) is 10.9. The van der Waals surface area contributed by atoms with Gasteiger partial charge in [0.25, 0.3) is 0 Å². The van der Waals surface area contributed by atoms with Crippen LogP contribution in [0.15, 0.2) is 30.9 Å². The van der Waals surface area contributed by atoms with Gasteiger partial charge in [-0.3, -0.25) is 4.31 Å². The molecule has 0 unspecified atom stereocenters. The Hall–Kier alpha value is -1.53. The second-order valence-electron chi connectivity index (χ2n) is 3.74. The highest BCUT2D eigenvalue weighted by atomic mass is 35.5. The number of esters is 1. The zero-order valence-corrected chi connectivity index (χ0v) is 12.2. The summed E-state index contributed by atoms with van der Waals surface area (Å²) in [4.78, 5) is 11.7. The maximum atomic E-state index is 11.8. The number of carbonyl (C=O) groups is 1. The van der Waals surface area contributed by atoms with Gasteiger partial charge in [-0.1, -0.05) is 17.7 Å². The van der Waals surface area contributed by atoms with E-state index in [9.17, 15) is 13.2 Å². The Kier molecular flexibility index (Phi) is 4.97. The zero-order chi connectivity index (χ0) is 14.6. The fourth-order valence-corrected chi connectivity index (χ4v) is 2.59. The van der Waals surface area contributed by atoms with Crippen LogP contribution in [0.2, 0.25) is 5.02 Å². The van der Waals surface area contributed by atoms with Crippen LogP contribution in [-0.4, -0.2) is 34.3 Å². The zero-order valence-electron chi connectivity index (χ0n) is 10.6. The van der Waals surface area contributed by atoms with Crippen molar-refractivity contribution < 1.29 is 17.9 Å². The summed E-state index contributed by atoms with van der Waals surface area (Å²) >= 11 is 5.82. The highest BCUT2D eigenvalue weighted by Crippen LogP contribution is 2.26. The van der Waals surface area contributed by atoms with Gasteiger partial charge in [0.15, 0.2) is 0 Å². The van der Waals surface area contributed by atoms with Crippen molar-refractivity contribution in [2.24, 2.45) is 0 Å². The molecule has 0 aromatic heterocycles. The molecule has 0 N–H and O–H groups in total. The number of nitrogens with zero attached hydrogens (tertiary/aromatic N) is 1. The molecule has 1 rings (SSSR count). The van der Waals surface area contributed by atoms with Crippen LogP contribution in [0.4, 0.5) is 5.69 Å². The average molecular weight is 304 g/mol. The van der Waals surface area contributed by atoms with E-state index < -0.39 is 16.0 Å². The molecule has 1 aromatic carbocycles. The topological polar surface area (TPSA) is 63.7 Å². The maximum Gasteiger partial charge on any atom is 0.340 e. The van der Waals surface area contributed by atoms with Gasteiger partial charge in [-0.25, -0.2) is 13.2 Å². The first-order chi connectivity index (χ1) is 8.81. The quantitative estimate of drug-likeness (QED) is 0.617. The number of benzene rings is 1. The second-order valence-corrected chi connectivity index (χ2v) is 6.08. The van der Waals surface area contributed by atoms with E-state index >= 15 is 0 Å². The molecule has 0 aliphatic carbocycles. The first kappa shape index (κ1) is 15.5. The lowest BCUT2D eigenvalue weighted by Gasteiger charge is -2.22. The Labute approximate surface area is 117 Å². The van der Waals surface area contributed by atoms with Gasteiger partial charge in [0, 0.05) is 5.02 Å². The summed E-state index contributed by atoms with van der Waals surface area (Å²) in [5.74, 6) is -0.657. The first-order valence-electron chi connectivity index (χ1n) is 5.27. The van der Waals surface area contributed by atoms with Crippen LogP contribution in [0.25, 0.3) is 0 Å². The highest BCUT2D eigenvalue weighted by molar-refractivity contribution is 7.92. The fraction of sp³-hybridized carbons (Fsp3) is 0.250. The van der Waals surface area contributed by atoms with Crippen LogP contribution in [-0.2, 0) is 14.8 Å². The molecule has 7 heteroatoms. The molecule has 0 spiro atoms. The minimum atomic E-state index is -3.55. The van der Waals surface area contributed by atoms with E-state index in [1.165, 1.54) is 31.4 Å². The predicted octanol–water partition coefficient (Wildman–Crippen LogP) is 2.08. The van der Waals surface area contributed by atoms with Crippen LogP contribution in [0.1, 0.15) is 10.4 Å². The van der Waals surface area contributed by atoms with E-state index in [1.807, 2.05) is 0 Å². The fourth-order valence-electron chi connectivity index (χ4n) is 1.53. The first-order valence-corrected chi connectivity index (χ1v) is 7.50. The Balaban J connectivity index is 3.46. The molecule has 19 heavy (non-hydrogen) atoms. The van der Waals surface area contributed by atoms with E-state index in [2.05, 4.69) is 11.3 Å². The summed E-state index contributed by atoms with van der Waals surface area (Å²) in [7, 11) is -2.33. The Bertz CT molecular complexity index is 598. The van der Waals surface area contributed by atoms with Crippen molar-refractivity contribution in [2.45, 2.75) is 0 Å². The van der Waals surface area contributed by atoms with Crippen molar-refractivity contribution in [2.75, 3.05) is 24.2 Å². The van der Waals surface area contributed by atoms with Gasteiger partial charge in [0.05, 0.1) is 31.2 Å². The SMILES string of the molecule is C=CCN(c1ccc(Cl)cc1C(=O)OC)S(C)(=O)=O. The van der Waals surface area contributed by atoms with E-state index in [4.69, 9.17) is 11.6 Å². The molecule has 0 bridgehead atoms. The van der Waals surface area contributed by atoms with E-state index in [1.54, 1.807) is 0 Å². The van der Waals surface area contributed by atoms with Gasteiger partial charge in [-0.05, 0) is 18.2 Å². The Morgan fingerprint density at radius 2 is 2.16 bits per heavy atom. The molecule has 1 aromatic rings. The average Bonchev–Trinajstić information content (AvgIpc) is 2.34. The van der Waals surface area contributed by atoms with Crippen molar-refractivity contribution in [3.05, 3.63) is 41.4 Å². The minimum absolute atomic E-state index is 0.0461. The lowest BCUT2D eigenvalue weighted by Crippen LogP contribution is -2.31. The van der Waals surface area contributed by atoms with E-state index in [-0.39, 0.29) is 17.8 Å². The van der Waals surface area contributed by atoms with E-state index in [0.29, 0.717) is 5.02 Å². The molecule has 5 nitrogen and oxygen atoms in total. The standard InChI is InChI=1S/C12H14ClNO4S/c1-4-7-14(19(3,16)17)11-6-5-9(13)8-10(11)12(15)18-2/h4-6,8H,1,7H2,2-3H3. The number of ether oxygens (including phenoxy) is 1.